The normalized spacial score (nSPS) is 17.2. The summed E-state index contributed by atoms with van der Waals surface area (Å²) in [6.07, 6.45) is 1.16. The van der Waals surface area contributed by atoms with Gasteiger partial charge in [0.2, 0.25) is 0 Å². The summed E-state index contributed by atoms with van der Waals surface area (Å²) in [6, 6.07) is 5.63. The van der Waals surface area contributed by atoms with E-state index >= 15 is 0 Å². The summed E-state index contributed by atoms with van der Waals surface area (Å²) in [5, 5.41) is 0. The van der Waals surface area contributed by atoms with Crippen LogP contribution in [0.25, 0.3) is 0 Å². The quantitative estimate of drug-likeness (QED) is 0.714. The molecule has 0 saturated heterocycles. The maximum absolute atomic E-state index is 13.2. The lowest BCUT2D eigenvalue weighted by molar-refractivity contribution is 0.317. The summed E-state index contributed by atoms with van der Waals surface area (Å²) in [7, 11) is 1.50. The lowest BCUT2D eigenvalue weighted by atomic mass is 10.1. The second kappa shape index (κ2) is 3.83. The first kappa shape index (κ1) is 10.1. The molecule has 0 bridgehead atoms. The van der Waals surface area contributed by atoms with Crippen LogP contribution in [-0.4, -0.2) is 7.05 Å². The van der Waals surface area contributed by atoms with Gasteiger partial charge in [0, 0.05) is 0 Å². The molecule has 1 aromatic rings. The zero-order valence-electron chi connectivity index (χ0n) is 7.56. The molecule has 0 spiro atoms. The molecule has 0 amide bonds. The van der Waals surface area contributed by atoms with Crippen LogP contribution in [0.15, 0.2) is 24.3 Å². The molecule has 0 aliphatic heterocycles. The Labute approximate surface area is 76.6 Å². The van der Waals surface area contributed by atoms with Gasteiger partial charge in [-0.25, -0.2) is 8.78 Å². The van der Waals surface area contributed by atoms with Gasteiger partial charge < -0.3 is 5.73 Å². The molecule has 0 unspecified atom stereocenters. The molecule has 1 aliphatic rings. The van der Waals surface area contributed by atoms with Gasteiger partial charge in [0.1, 0.15) is 11.5 Å². The Balaban J connectivity index is 0.000000396. The van der Waals surface area contributed by atoms with Gasteiger partial charge in [-0.05, 0) is 37.6 Å². The van der Waals surface area contributed by atoms with Crippen molar-refractivity contribution in [2.24, 2.45) is 5.73 Å². The zero-order valence-corrected chi connectivity index (χ0v) is 7.56. The third kappa shape index (κ3) is 2.25. The van der Waals surface area contributed by atoms with Crippen molar-refractivity contribution in [1.82, 2.24) is 0 Å². The van der Waals surface area contributed by atoms with Gasteiger partial charge >= 0.3 is 0 Å². The molecular formula is C10H13F2N. The monoisotopic (exact) mass is 185 g/mol. The van der Waals surface area contributed by atoms with Gasteiger partial charge in [-0.1, -0.05) is 12.1 Å². The molecule has 0 heterocycles. The van der Waals surface area contributed by atoms with Gasteiger partial charge in [-0.15, -0.1) is 0 Å². The van der Waals surface area contributed by atoms with E-state index in [-0.39, 0.29) is 5.82 Å². The highest BCUT2D eigenvalue weighted by molar-refractivity contribution is 5.27. The van der Waals surface area contributed by atoms with E-state index in [0.29, 0.717) is 18.4 Å². The van der Waals surface area contributed by atoms with Gasteiger partial charge in [0.25, 0.3) is 0 Å². The molecule has 1 saturated carbocycles. The number of benzene rings is 1. The number of alkyl halides is 1. The van der Waals surface area contributed by atoms with Gasteiger partial charge in [0.05, 0.1) is 0 Å². The Bertz CT molecular complexity index is 265. The summed E-state index contributed by atoms with van der Waals surface area (Å²) in [5.41, 5.74) is 3.98. The molecule has 1 nitrogen and oxygen atoms in total. The van der Waals surface area contributed by atoms with Crippen LogP contribution < -0.4 is 5.73 Å². The number of rotatable bonds is 1. The second-order valence-electron chi connectivity index (χ2n) is 2.97. The highest BCUT2D eigenvalue weighted by Gasteiger charge is 2.44. The summed E-state index contributed by atoms with van der Waals surface area (Å²) < 4.78 is 25.6. The SMILES string of the molecule is CN.Fc1ccc(C2(F)CC2)cc1. The van der Waals surface area contributed by atoms with Gasteiger partial charge in [-0.2, -0.15) is 0 Å². The molecule has 0 aromatic heterocycles. The summed E-state index contributed by atoms with van der Waals surface area (Å²) in [4.78, 5) is 0. The van der Waals surface area contributed by atoms with Crippen LogP contribution in [0.5, 0.6) is 0 Å². The van der Waals surface area contributed by atoms with Crippen molar-refractivity contribution < 1.29 is 8.78 Å². The fourth-order valence-corrected chi connectivity index (χ4v) is 1.15. The number of nitrogens with two attached hydrogens (primary N) is 1. The minimum atomic E-state index is -1.13. The third-order valence-corrected chi connectivity index (χ3v) is 2.05. The summed E-state index contributed by atoms with van der Waals surface area (Å²) >= 11 is 0. The molecule has 2 N–H and O–H groups in total. The van der Waals surface area contributed by atoms with Crippen LogP contribution in [0.1, 0.15) is 18.4 Å². The molecule has 0 radical (unpaired) electrons. The zero-order chi connectivity index (χ0) is 9.90. The molecule has 2 rings (SSSR count). The molecule has 3 heteroatoms. The number of hydrogen-bond donors (Lipinski definition) is 1. The Morgan fingerprint density at radius 2 is 1.62 bits per heavy atom. The Hall–Kier alpha value is -0.960. The van der Waals surface area contributed by atoms with Gasteiger partial charge in [-0.3, -0.25) is 0 Å². The number of hydrogen-bond acceptors (Lipinski definition) is 1. The number of halogens is 2. The molecule has 1 fully saturated rings. The Morgan fingerprint density at radius 3 is 2.00 bits per heavy atom. The van der Waals surface area contributed by atoms with Crippen LogP contribution in [0.2, 0.25) is 0 Å². The minimum Gasteiger partial charge on any atom is -0.333 e. The first-order valence-corrected chi connectivity index (χ1v) is 4.23. The lowest BCUT2D eigenvalue weighted by Gasteiger charge is -2.02. The van der Waals surface area contributed by atoms with Crippen molar-refractivity contribution in [3.63, 3.8) is 0 Å². The summed E-state index contributed by atoms with van der Waals surface area (Å²) in [6.45, 7) is 0. The maximum atomic E-state index is 13.2. The first-order chi connectivity index (χ1) is 6.21. The van der Waals surface area contributed by atoms with Crippen LogP contribution in [0.3, 0.4) is 0 Å². The van der Waals surface area contributed by atoms with Crippen LogP contribution >= 0.6 is 0 Å². The van der Waals surface area contributed by atoms with E-state index in [1.54, 1.807) is 0 Å². The standard InChI is InChI=1S/C9H8F2.CH5N/c10-8-3-1-7(2-4-8)9(11)5-6-9;1-2/h1-4H,5-6H2;2H2,1H3. The highest BCUT2D eigenvalue weighted by atomic mass is 19.1. The molecular weight excluding hydrogens is 172 g/mol. The van der Waals surface area contributed by atoms with Crippen molar-refractivity contribution in [3.05, 3.63) is 35.6 Å². The topological polar surface area (TPSA) is 26.0 Å². The van der Waals surface area contributed by atoms with Crippen molar-refractivity contribution >= 4 is 0 Å². The average Bonchev–Trinajstić information content (AvgIpc) is 2.89. The molecule has 1 aliphatic carbocycles. The van der Waals surface area contributed by atoms with Crippen LogP contribution in [0, 0.1) is 5.82 Å². The van der Waals surface area contributed by atoms with Crippen molar-refractivity contribution in [1.29, 1.82) is 0 Å². The van der Waals surface area contributed by atoms with E-state index < -0.39 is 5.67 Å². The molecule has 0 atom stereocenters. The maximum Gasteiger partial charge on any atom is 0.136 e. The van der Waals surface area contributed by atoms with E-state index in [2.05, 4.69) is 5.73 Å². The average molecular weight is 185 g/mol. The lowest BCUT2D eigenvalue weighted by Crippen LogP contribution is -1.96. The Morgan fingerprint density at radius 1 is 1.15 bits per heavy atom. The van der Waals surface area contributed by atoms with Crippen molar-refractivity contribution in [3.8, 4) is 0 Å². The fourth-order valence-electron chi connectivity index (χ4n) is 1.15. The van der Waals surface area contributed by atoms with Crippen molar-refractivity contribution in [2.45, 2.75) is 18.5 Å². The minimum absolute atomic E-state index is 0.307. The van der Waals surface area contributed by atoms with Crippen molar-refractivity contribution in [2.75, 3.05) is 7.05 Å². The predicted molar refractivity (Wildman–Crippen MR) is 48.5 cm³/mol. The molecule has 1 aromatic carbocycles. The predicted octanol–water partition coefficient (Wildman–Crippen LogP) is 2.36. The third-order valence-electron chi connectivity index (χ3n) is 2.05. The largest absolute Gasteiger partial charge is 0.333 e. The van der Waals surface area contributed by atoms with Gasteiger partial charge in [0.15, 0.2) is 0 Å². The second-order valence-corrected chi connectivity index (χ2v) is 2.97. The first-order valence-electron chi connectivity index (χ1n) is 4.23. The smallest absolute Gasteiger partial charge is 0.136 e. The van der Waals surface area contributed by atoms with Crippen LogP contribution in [-0.2, 0) is 5.67 Å². The highest BCUT2D eigenvalue weighted by Crippen LogP contribution is 2.49. The Kier molecular flexibility index (Phi) is 2.98. The van der Waals surface area contributed by atoms with E-state index in [1.807, 2.05) is 0 Å². The molecule has 72 valence electrons. The van der Waals surface area contributed by atoms with E-state index in [9.17, 15) is 8.78 Å². The van der Waals surface area contributed by atoms with E-state index in [0.717, 1.165) is 0 Å². The van der Waals surface area contributed by atoms with E-state index in [4.69, 9.17) is 0 Å². The van der Waals surface area contributed by atoms with Crippen LogP contribution in [0.4, 0.5) is 8.78 Å². The fraction of sp³-hybridized carbons (Fsp3) is 0.400. The molecule has 13 heavy (non-hydrogen) atoms. The van der Waals surface area contributed by atoms with E-state index in [1.165, 1.54) is 31.3 Å². The summed E-state index contributed by atoms with van der Waals surface area (Å²) in [5.74, 6) is -0.307.